The maximum Gasteiger partial charge on any atom is 0.235 e. The number of hydrogen-bond acceptors (Lipinski definition) is 4. The van der Waals surface area contributed by atoms with E-state index in [1.807, 2.05) is 34.7 Å². The number of rotatable bonds is 2. The van der Waals surface area contributed by atoms with Crippen LogP contribution in [0.1, 0.15) is 11.1 Å². The predicted molar refractivity (Wildman–Crippen MR) is 190 cm³/mol. The number of benzene rings is 5. The van der Waals surface area contributed by atoms with Crippen LogP contribution in [0.5, 0.6) is 0 Å². The van der Waals surface area contributed by atoms with E-state index in [0.29, 0.717) is 5.95 Å². The van der Waals surface area contributed by atoms with Crippen LogP contribution in [0.2, 0.25) is 0 Å². The minimum absolute atomic E-state index is 0.613. The van der Waals surface area contributed by atoms with Gasteiger partial charge in [0.15, 0.2) is 0 Å². The first-order valence-electron chi connectivity index (χ1n) is 15.3. The third-order valence-electron chi connectivity index (χ3n) is 8.64. The van der Waals surface area contributed by atoms with Crippen LogP contribution < -0.4 is 0 Å². The van der Waals surface area contributed by atoms with E-state index in [2.05, 4.69) is 137 Å². The highest BCUT2D eigenvalue weighted by Crippen LogP contribution is 2.44. The topological polar surface area (TPSA) is 43.6 Å². The van der Waals surface area contributed by atoms with Crippen LogP contribution in [-0.4, -0.2) is 19.5 Å². The molecule has 8 aromatic rings. The van der Waals surface area contributed by atoms with Crippen molar-refractivity contribution >= 4 is 45.9 Å². The molecule has 46 heavy (non-hydrogen) atoms. The van der Waals surface area contributed by atoms with Crippen molar-refractivity contribution < 1.29 is 0 Å². The van der Waals surface area contributed by atoms with Crippen molar-refractivity contribution in [3.63, 3.8) is 0 Å². The molecule has 0 fully saturated rings. The van der Waals surface area contributed by atoms with Crippen molar-refractivity contribution in [2.45, 2.75) is 9.79 Å². The summed E-state index contributed by atoms with van der Waals surface area (Å²) >= 11 is 1.83. The molecule has 0 unspecified atom stereocenters. The Balaban J connectivity index is 1.24. The molecule has 0 aliphatic carbocycles. The van der Waals surface area contributed by atoms with Crippen molar-refractivity contribution in [3.8, 4) is 39.3 Å². The van der Waals surface area contributed by atoms with Gasteiger partial charge in [-0.2, -0.15) is 0 Å². The zero-order valence-corrected chi connectivity index (χ0v) is 25.5. The SMILES string of the molecule is C1=Cc2ccc(-c3ccc4c(c3)c3cccnc3n4-c3ncccn3)cc2-c2ccccc2Sc2ccccc2-c2ccccc21. The minimum atomic E-state index is 0.613. The van der Waals surface area contributed by atoms with Gasteiger partial charge in [-0.25, -0.2) is 15.0 Å². The summed E-state index contributed by atoms with van der Waals surface area (Å²) in [5.74, 6) is 0.613. The summed E-state index contributed by atoms with van der Waals surface area (Å²) < 4.78 is 2.04. The number of hydrogen-bond donors (Lipinski definition) is 0. The smallest absolute Gasteiger partial charge is 0.235 e. The molecular formula is C41H26N4S. The fourth-order valence-corrected chi connectivity index (χ4v) is 7.60. The lowest BCUT2D eigenvalue weighted by atomic mass is 9.93. The summed E-state index contributed by atoms with van der Waals surface area (Å²) in [6, 6.07) is 45.5. The highest BCUT2D eigenvalue weighted by molar-refractivity contribution is 7.99. The highest BCUT2D eigenvalue weighted by Gasteiger charge is 2.18. The van der Waals surface area contributed by atoms with E-state index in [1.165, 1.54) is 43.2 Å². The van der Waals surface area contributed by atoms with Gasteiger partial charge in [0, 0.05) is 39.2 Å². The van der Waals surface area contributed by atoms with Crippen LogP contribution in [0.15, 0.2) is 156 Å². The zero-order valence-electron chi connectivity index (χ0n) is 24.7. The predicted octanol–water partition coefficient (Wildman–Crippen LogP) is 10.6. The van der Waals surface area contributed by atoms with Crippen molar-refractivity contribution in [2.75, 3.05) is 0 Å². The molecule has 3 aromatic heterocycles. The Labute approximate surface area is 270 Å². The van der Waals surface area contributed by atoms with E-state index < -0.39 is 0 Å². The van der Waals surface area contributed by atoms with Gasteiger partial charge in [-0.15, -0.1) is 0 Å². The second-order valence-electron chi connectivity index (χ2n) is 11.3. The van der Waals surface area contributed by atoms with Crippen LogP contribution in [0.4, 0.5) is 0 Å². The zero-order chi connectivity index (χ0) is 30.5. The molecular weight excluding hydrogens is 581 g/mol. The van der Waals surface area contributed by atoms with Gasteiger partial charge in [-0.1, -0.05) is 103 Å². The molecule has 0 amide bonds. The monoisotopic (exact) mass is 606 g/mol. The van der Waals surface area contributed by atoms with Crippen molar-refractivity contribution in [3.05, 3.63) is 157 Å². The molecule has 1 aliphatic heterocycles. The third-order valence-corrected chi connectivity index (χ3v) is 9.79. The molecule has 0 saturated carbocycles. The molecule has 0 atom stereocenters. The van der Waals surface area contributed by atoms with E-state index in [4.69, 9.17) is 4.98 Å². The largest absolute Gasteiger partial charge is 0.262 e. The molecule has 0 N–H and O–H groups in total. The van der Waals surface area contributed by atoms with Gasteiger partial charge in [0.25, 0.3) is 0 Å². The van der Waals surface area contributed by atoms with E-state index in [1.54, 1.807) is 12.4 Å². The second kappa shape index (κ2) is 11.0. The molecule has 9 rings (SSSR count). The molecule has 0 radical (unpaired) electrons. The summed E-state index contributed by atoms with van der Waals surface area (Å²) in [4.78, 5) is 16.3. The molecule has 5 aromatic carbocycles. The van der Waals surface area contributed by atoms with Gasteiger partial charge in [-0.05, 0) is 93.0 Å². The summed E-state index contributed by atoms with van der Waals surface area (Å²) in [7, 11) is 0. The quantitative estimate of drug-likeness (QED) is 0.196. The normalized spacial score (nSPS) is 12.2. The van der Waals surface area contributed by atoms with Gasteiger partial charge in [0.05, 0.1) is 5.52 Å². The maximum absolute atomic E-state index is 4.73. The van der Waals surface area contributed by atoms with Gasteiger partial charge in [0.2, 0.25) is 5.95 Å². The summed E-state index contributed by atoms with van der Waals surface area (Å²) in [5.41, 5.74) is 11.5. The van der Waals surface area contributed by atoms with Crippen LogP contribution in [0.25, 0.3) is 73.4 Å². The second-order valence-corrected chi connectivity index (χ2v) is 12.4. The molecule has 4 heterocycles. The van der Waals surface area contributed by atoms with Gasteiger partial charge < -0.3 is 0 Å². The minimum Gasteiger partial charge on any atom is -0.262 e. The van der Waals surface area contributed by atoms with E-state index >= 15 is 0 Å². The first-order valence-corrected chi connectivity index (χ1v) is 16.1. The van der Waals surface area contributed by atoms with Crippen molar-refractivity contribution in [1.29, 1.82) is 0 Å². The Morgan fingerprint density at radius 1 is 0.457 bits per heavy atom. The van der Waals surface area contributed by atoms with Gasteiger partial charge >= 0.3 is 0 Å². The van der Waals surface area contributed by atoms with Crippen LogP contribution in [-0.2, 0) is 0 Å². The average molecular weight is 607 g/mol. The Morgan fingerprint density at radius 3 is 1.89 bits per heavy atom. The average Bonchev–Trinajstić information content (AvgIpc) is 3.44. The number of pyridine rings is 1. The van der Waals surface area contributed by atoms with Crippen LogP contribution in [0, 0.1) is 0 Å². The van der Waals surface area contributed by atoms with Crippen molar-refractivity contribution in [2.24, 2.45) is 0 Å². The molecule has 0 saturated heterocycles. The van der Waals surface area contributed by atoms with E-state index in [9.17, 15) is 0 Å². The molecule has 1 aliphatic rings. The fourth-order valence-electron chi connectivity index (χ4n) is 6.49. The first kappa shape index (κ1) is 26.6. The molecule has 0 bridgehead atoms. The third kappa shape index (κ3) is 4.44. The van der Waals surface area contributed by atoms with Gasteiger partial charge in [-0.3, -0.25) is 4.57 Å². The summed E-state index contributed by atoms with van der Waals surface area (Å²) in [5, 5.41) is 2.19. The summed E-state index contributed by atoms with van der Waals surface area (Å²) in [6.45, 7) is 0. The van der Waals surface area contributed by atoms with E-state index in [-0.39, 0.29) is 0 Å². The standard InChI is InChI=1S/C41H26N4S/c1-2-10-31-27(9-1)16-17-28-18-19-29(25-35(28)33-12-4-6-15-39(33)46-38-14-5-3-11-32(31)38)30-20-21-37-36(26-30)34-13-7-22-42-40(34)45(37)41-43-23-8-24-44-41/h1-26H. The van der Waals surface area contributed by atoms with Crippen LogP contribution >= 0.6 is 11.8 Å². The molecule has 216 valence electrons. The lowest BCUT2D eigenvalue weighted by molar-refractivity contribution is 0.975. The highest BCUT2D eigenvalue weighted by atomic mass is 32.2. The lowest BCUT2D eigenvalue weighted by Crippen LogP contribution is -2.00. The van der Waals surface area contributed by atoms with E-state index in [0.717, 1.165) is 33.1 Å². The van der Waals surface area contributed by atoms with Gasteiger partial charge in [0.1, 0.15) is 5.65 Å². The number of fused-ring (bicyclic) bond motifs is 9. The summed E-state index contributed by atoms with van der Waals surface area (Å²) in [6.07, 6.45) is 9.87. The van der Waals surface area contributed by atoms with Crippen LogP contribution in [0.3, 0.4) is 0 Å². The van der Waals surface area contributed by atoms with Crippen molar-refractivity contribution in [1.82, 2.24) is 19.5 Å². The maximum atomic E-state index is 4.73. The Bertz CT molecular complexity index is 2460. The molecule has 5 heteroatoms. The molecule has 0 spiro atoms. The fraction of sp³-hybridized carbons (Fsp3) is 0. The molecule has 4 nitrogen and oxygen atoms in total. The number of nitrogens with zero attached hydrogens (tertiary/aromatic N) is 4. The first-order chi connectivity index (χ1) is 22.8. The number of aromatic nitrogens is 4. The Morgan fingerprint density at radius 2 is 1.09 bits per heavy atom. The Kier molecular flexibility index (Phi) is 6.35. The lowest BCUT2D eigenvalue weighted by Gasteiger charge is -2.15. The Hall–Kier alpha value is -5.78.